The number of esters is 1. The maximum absolute atomic E-state index is 11.6. The lowest BCUT2D eigenvalue weighted by molar-refractivity contribution is -0.198. The van der Waals surface area contributed by atoms with Gasteiger partial charge in [-0.3, -0.25) is 24.0 Å². The molecule has 2 saturated heterocycles. The molecule has 1 N–H and O–H groups in total. The summed E-state index contributed by atoms with van der Waals surface area (Å²) in [7, 11) is 0. The molecular weight excluding hydrogens is 894 g/mol. The van der Waals surface area contributed by atoms with Crippen molar-refractivity contribution in [2.75, 3.05) is 125 Å². The molecule has 2 fully saturated rings. The Hall–Kier alpha value is -4.40. The van der Waals surface area contributed by atoms with Gasteiger partial charge in [-0.1, -0.05) is 0 Å². The zero-order chi connectivity index (χ0) is 49.8. The molecule has 0 bridgehead atoms. The first-order chi connectivity index (χ1) is 31.9. The number of amides is 5. The lowest BCUT2D eigenvalue weighted by atomic mass is 10.2. The van der Waals surface area contributed by atoms with Gasteiger partial charge >= 0.3 is 24.0 Å². The van der Waals surface area contributed by atoms with E-state index in [1.165, 1.54) is 0 Å². The number of imide groups is 2. The summed E-state index contributed by atoms with van der Waals surface area (Å²) in [6, 6.07) is 0. The van der Waals surface area contributed by atoms with E-state index in [0.29, 0.717) is 122 Å². The van der Waals surface area contributed by atoms with Gasteiger partial charge in [0, 0.05) is 45.3 Å². The van der Waals surface area contributed by atoms with Crippen molar-refractivity contribution in [3.8, 4) is 0 Å². The molecule has 5 amide bonds. The summed E-state index contributed by atoms with van der Waals surface area (Å²) >= 11 is 0. The third kappa shape index (κ3) is 35.4. The van der Waals surface area contributed by atoms with E-state index < -0.39 is 52.9 Å². The Labute approximate surface area is 392 Å². The topological polar surface area (TPSA) is 275 Å². The van der Waals surface area contributed by atoms with E-state index in [4.69, 9.17) is 61.8 Å². The van der Waals surface area contributed by atoms with E-state index in [9.17, 15) is 38.4 Å². The van der Waals surface area contributed by atoms with Crippen LogP contribution in [0.4, 0.5) is 4.79 Å². The zero-order valence-corrected chi connectivity index (χ0v) is 40.1. The Balaban J connectivity index is 0.000000673. The molecule has 24 heteroatoms. The van der Waals surface area contributed by atoms with Crippen LogP contribution in [-0.2, 0) is 95.3 Å². The minimum absolute atomic E-state index is 0.0595. The van der Waals surface area contributed by atoms with Gasteiger partial charge in [-0.25, -0.2) is 14.4 Å². The van der Waals surface area contributed by atoms with Gasteiger partial charge < -0.3 is 67.1 Å². The maximum Gasteiger partial charge on any atom is 0.407 e. The molecule has 0 spiro atoms. The van der Waals surface area contributed by atoms with Crippen molar-refractivity contribution in [3.05, 3.63) is 0 Å². The predicted molar refractivity (Wildman–Crippen MR) is 230 cm³/mol. The Morgan fingerprint density at radius 1 is 0.403 bits per heavy atom. The highest BCUT2D eigenvalue weighted by Gasteiger charge is 2.33. The first-order valence-corrected chi connectivity index (χ1v) is 22.4. The van der Waals surface area contributed by atoms with Crippen LogP contribution >= 0.6 is 0 Å². The number of hydrogen-bond donors (Lipinski definition) is 1. The van der Waals surface area contributed by atoms with E-state index in [1.54, 1.807) is 20.8 Å². The molecule has 0 unspecified atom stereocenters. The van der Waals surface area contributed by atoms with E-state index >= 15 is 0 Å². The van der Waals surface area contributed by atoms with Gasteiger partial charge in [0.25, 0.3) is 23.6 Å². The zero-order valence-electron chi connectivity index (χ0n) is 40.1. The van der Waals surface area contributed by atoms with Gasteiger partial charge in [-0.2, -0.15) is 0 Å². The van der Waals surface area contributed by atoms with Gasteiger partial charge in [0.15, 0.2) is 0 Å². The van der Waals surface area contributed by atoms with Crippen LogP contribution in [0.25, 0.3) is 0 Å². The Kier molecular flexibility index (Phi) is 33.1. The van der Waals surface area contributed by atoms with Gasteiger partial charge in [0.05, 0.1) is 125 Å². The second-order valence-electron chi connectivity index (χ2n) is 16.2. The largest absolute Gasteiger partial charge is 0.460 e. The lowest BCUT2D eigenvalue weighted by Crippen LogP contribution is -2.34. The fourth-order valence-corrected chi connectivity index (χ4v) is 4.92. The molecular formula is C43H73N3O21. The molecule has 0 aromatic rings. The van der Waals surface area contributed by atoms with Crippen molar-refractivity contribution in [2.45, 2.75) is 104 Å². The van der Waals surface area contributed by atoms with E-state index in [-0.39, 0.29) is 70.9 Å². The minimum Gasteiger partial charge on any atom is -0.460 e. The number of alkyl carbamates (subject to hydrolysis) is 1. The van der Waals surface area contributed by atoms with Crippen LogP contribution in [0.3, 0.4) is 0 Å². The average Bonchev–Trinajstić information content (AvgIpc) is 3.73. The van der Waals surface area contributed by atoms with Crippen molar-refractivity contribution in [1.82, 2.24) is 15.4 Å². The van der Waals surface area contributed by atoms with Gasteiger partial charge in [0.2, 0.25) is 0 Å². The quantitative estimate of drug-likeness (QED) is 0.0532. The number of nitrogens with zero attached hydrogens (tertiary/aromatic N) is 2. The lowest BCUT2D eigenvalue weighted by Gasteiger charge is -2.19. The molecule has 386 valence electrons. The highest BCUT2D eigenvalue weighted by molar-refractivity contribution is 6.02. The molecule has 0 saturated carbocycles. The summed E-state index contributed by atoms with van der Waals surface area (Å²) in [6.45, 7) is 17.6. The summed E-state index contributed by atoms with van der Waals surface area (Å²) in [5.41, 5.74) is -0.991. The molecule has 0 aromatic heterocycles. The van der Waals surface area contributed by atoms with E-state index in [1.807, 2.05) is 20.8 Å². The van der Waals surface area contributed by atoms with Crippen molar-refractivity contribution < 1.29 is 100 Å². The van der Waals surface area contributed by atoms with Crippen molar-refractivity contribution in [2.24, 2.45) is 0 Å². The summed E-state index contributed by atoms with van der Waals surface area (Å²) in [5, 5.41) is 3.62. The molecule has 24 nitrogen and oxygen atoms in total. The standard InChI is InChI=1S/C23H39NO11.C20H34N2O10/c1-23(2,3)34-21(27)5-4-9-29-11-13-31-15-17-33-18-16-32-14-12-30-10-8-22(28)35-24-19(25)6-7-20(24)26;1-20(2,3)31-19(26)21-7-9-28-11-13-30-15-14-29-12-10-27-8-6-18(25)32-22-16(23)4-5-17(22)24/h4-18H2,1-3H3;4-15H2,1-3H3,(H,21,26). The average molecular weight is 968 g/mol. The van der Waals surface area contributed by atoms with Crippen molar-refractivity contribution >= 4 is 47.6 Å². The summed E-state index contributed by atoms with van der Waals surface area (Å²) in [4.78, 5) is 101. The first-order valence-electron chi connectivity index (χ1n) is 22.4. The van der Waals surface area contributed by atoms with Crippen LogP contribution in [0.5, 0.6) is 0 Å². The summed E-state index contributed by atoms with van der Waals surface area (Å²) < 4.78 is 58.3. The first kappa shape index (κ1) is 60.6. The van der Waals surface area contributed by atoms with Crippen LogP contribution in [0.15, 0.2) is 0 Å². The number of rotatable bonds is 36. The highest BCUT2D eigenvalue weighted by Crippen LogP contribution is 2.14. The minimum atomic E-state index is -0.703. The molecule has 2 heterocycles. The van der Waals surface area contributed by atoms with Crippen molar-refractivity contribution in [3.63, 3.8) is 0 Å². The molecule has 0 aliphatic carbocycles. The van der Waals surface area contributed by atoms with Crippen LogP contribution in [0.2, 0.25) is 0 Å². The van der Waals surface area contributed by atoms with Gasteiger partial charge in [-0.05, 0) is 48.0 Å². The number of hydrogen-bond acceptors (Lipinski definition) is 21. The number of carbonyl (C=O) groups excluding carboxylic acids is 8. The third-order valence-corrected chi connectivity index (χ3v) is 7.91. The Morgan fingerprint density at radius 2 is 0.701 bits per heavy atom. The molecule has 2 aliphatic heterocycles. The number of hydroxylamine groups is 4. The van der Waals surface area contributed by atoms with Gasteiger partial charge in [0.1, 0.15) is 11.2 Å². The summed E-state index contributed by atoms with van der Waals surface area (Å²) in [6.07, 6.45) is 0.558. The maximum atomic E-state index is 11.6. The highest BCUT2D eigenvalue weighted by atomic mass is 16.7. The molecule has 2 aliphatic rings. The number of ether oxygens (including phenoxy) is 11. The molecule has 0 atom stereocenters. The smallest absolute Gasteiger partial charge is 0.407 e. The third-order valence-electron chi connectivity index (χ3n) is 7.91. The Morgan fingerprint density at radius 3 is 1.03 bits per heavy atom. The fourth-order valence-electron chi connectivity index (χ4n) is 4.92. The number of carbonyl (C=O) groups is 8. The second kappa shape index (κ2) is 36.6. The predicted octanol–water partition coefficient (Wildman–Crippen LogP) is 1.76. The SMILES string of the molecule is CC(C)(C)OC(=O)CCCOCCOCCOCCOCCOCCC(=O)ON1C(=O)CCC1=O.CC(C)(C)OC(=O)NCCOCCOCCOCCOCCC(=O)ON1C(=O)CCC1=O. The fraction of sp³-hybridized carbons (Fsp3) is 0.814. The normalized spacial score (nSPS) is 14.0. The molecule has 67 heavy (non-hydrogen) atoms. The molecule has 2 rings (SSSR count). The van der Waals surface area contributed by atoms with Crippen LogP contribution in [-0.4, -0.2) is 194 Å². The monoisotopic (exact) mass is 967 g/mol. The van der Waals surface area contributed by atoms with Crippen molar-refractivity contribution in [1.29, 1.82) is 0 Å². The molecule has 0 aromatic carbocycles. The van der Waals surface area contributed by atoms with E-state index in [2.05, 4.69) is 5.32 Å². The Bertz CT molecular complexity index is 1440. The number of nitrogens with one attached hydrogen (secondary N) is 1. The second-order valence-corrected chi connectivity index (χ2v) is 16.2. The van der Waals surface area contributed by atoms with Crippen LogP contribution < -0.4 is 5.32 Å². The van der Waals surface area contributed by atoms with Crippen LogP contribution in [0, 0.1) is 0 Å². The van der Waals surface area contributed by atoms with Crippen LogP contribution in [0.1, 0.15) is 92.9 Å². The van der Waals surface area contributed by atoms with Gasteiger partial charge in [-0.15, -0.1) is 10.1 Å². The van der Waals surface area contributed by atoms with E-state index in [0.717, 1.165) is 0 Å². The summed E-state index contributed by atoms with van der Waals surface area (Å²) in [5.74, 6) is -3.67. The molecule has 0 radical (unpaired) electrons.